The van der Waals surface area contributed by atoms with E-state index in [1.807, 2.05) is 13.8 Å². The van der Waals surface area contributed by atoms with Crippen molar-refractivity contribution in [2.45, 2.75) is 46.6 Å². The maximum Gasteiger partial charge on any atom is 0.359 e. The number of unbranched alkanes of at least 4 members (excludes halogenated alkanes) is 2. The third kappa shape index (κ3) is 5.64. The number of hydrogen-bond donors (Lipinski definition) is 1. The highest BCUT2D eigenvalue weighted by Gasteiger charge is 2.19. The van der Waals surface area contributed by atoms with Crippen LogP contribution in [0.2, 0.25) is 0 Å². The molecule has 0 saturated heterocycles. The van der Waals surface area contributed by atoms with Crippen LogP contribution < -0.4 is 10.9 Å². The van der Waals surface area contributed by atoms with E-state index in [0.717, 1.165) is 19.3 Å². The first-order valence-electron chi connectivity index (χ1n) is 9.37. The summed E-state index contributed by atoms with van der Waals surface area (Å²) in [6.45, 7) is 6.60. The van der Waals surface area contributed by atoms with Crippen molar-refractivity contribution in [1.29, 1.82) is 0 Å². The van der Waals surface area contributed by atoms with Gasteiger partial charge in [0.15, 0.2) is 12.3 Å². The molecule has 0 bridgehead atoms. The fraction of sp³-hybridized carbons (Fsp3) is 0.500. The van der Waals surface area contributed by atoms with Crippen molar-refractivity contribution >= 4 is 22.6 Å². The number of aryl methyl sites for hydroxylation is 1. The van der Waals surface area contributed by atoms with E-state index in [-0.39, 0.29) is 23.8 Å². The van der Waals surface area contributed by atoms with Gasteiger partial charge in [-0.05, 0) is 18.4 Å². The van der Waals surface area contributed by atoms with Gasteiger partial charge < -0.3 is 10.1 Å². The Balaban J connectivity index is 2.22. The number of amides is 1. The van der Waals surface area contributed by atoms with Gasteiger partial charge in [-0.25, -0.2) is 9.48 Å². The number of carbonyl (C=O) groups excluding carboxylic acids is 2. The smallest absolute Gasteiger partial charge is 0.359 e. The third-order valence-electron chi connectivity index (χ3n) is 4.08. The largest absolute Gasteiger partial charge is 0.451 e. The zero-order chi connectivity index (χ0) is 19.8. The maximum absolute atomic E-state index is 12.6. The van der Waals surface area contributed by atoms with Crippen LogP contribution in [0.4, 0.5) is 0 Å². The molecule has 7 heteroatoms. The molecule has 0 aliphatic heterocycles. The lowest BCUT2D eigenvalue weighted by Gasteiger charge is -2.11. The molecule has 1 aromatic carbocycles. The number of rotatable bonds is 9. The van der Waals surface area contributed by atoms with E-state index < -0.39 is 5.97 Å². The molecule has 7 nitrogen and oxygen atoms in total. The minimum atomic E-state index is -0.713. The van der Waals surface area contributed by atoms with Gasteiger partial charge in [-0.1, -0.05) is 51.8 Å². The van der Waals surface area contributed by atoms with Crippen LogP contribution in [0.5, 0.6) is 0 Å². The minimum absolute atomic E-state index is 0.0540. The van der Waals surface area contributed by atoms with Gasteiger partial charge in [0.05, 0.1) is 5.39 Å². The highest BCUT2D eigenvalue weighted by atomic mass is 16.5. The first-order chi connectivity index (χ1) is 12.9. The summed E-state index contributed by atoms with van der Waals surface area (Å²) in [6.07, 6.45) is 2.79. The molecule has 1 N–H and O–H groups in total. The zero-order valence-electron chi connectivity index (χ0n) is 16.2. The highest BCUT2D eigenvalue weighted by Crippen LogP contribution is 2.14. The number of aromatic nitrogens is 2. The molecule has 1 heterocycles. The predicted octanol–water partition coefficient (Wildman–Crippen LogP) is 2.52. The van der Waals surface area contributed by atoms with Crippen molar-refractivity contribution < 1.29 is 14.3 Å². The SMILES string of the molecule is CCCCCn1nc(C(=O)OCC(=O)NCC(C)C)c2ccccc2c1=O. The van der Waals surface area contributed by atoms with Gasteiger partial charge in [-0.2, -0.15) is 5.10 Å². The second-order valence-electron chi connectivity index (χ2n) is 6.90. The van der Waals surface area contributed by atoms with E-state index in [1.54, 1.807) is 24.3 Å². The number of nitrogens with one attached hydrogen (secondary N) is 1. The second-order valence-corrected chi connectivity index (χ2v) is 6.90. The van der Waals surface area contributed by atoms with Gasteiger partial charge >= 0.3 is 5.97 Å². The van der Waals surface area contributed by atoms with E-state index in [2.05, 4.69) is 17.3 Å². The first-order valence-corrected chi connectivity index (χ1v) is 9.37. The van der Waals surface area contributed by atoms with Crippen LogP contribution in [0, 0.1) is 5.92 Å². The van der Waals surface area contributed by atoms with Crippen LogP contribution >= 0.6 is 0 Å². The van der Waals surface area contributed by atoms with Crippen molar-refractivity contribution in [2.24, 2.45) is 5.92 Å². The van der Waals surface area contributed by atoms with Crippen LogP contribution in [0.3, 0.4) is 0 Å². The molecule has 1 aromatic heterocycles. The standard InChI is InChI=1S/C20H27N3O4/c1-4-5-8-11-23-19(25)16-10-7-6-9-15(16)18(22-23)20(26)27-13-17(24)21-12-14(2)3/h6-7,9-10,14H,4-5,8,11-13H2,1-3H3,(H,21,24). The lowest BCUT2D eigenvalue weighted by atomic mass is 10.1. The molecule has 146 valence electrons. The molecule has 0 unspecified atom stereocenters. The summed E-state index contributed by atoms with van der Waals surface area (Å²) in [6, 6.07) is 6.81. The van der Waals surface area contributed by atoms with Crippen molar-refractivity contribution in [3.8, 4) is 0 Å². The van der Waals surface area contributed by atoms with E-state index >= 15 is 0 Å². The molecule has 27 heavy (non-hydrogen) atoms. The average molecular weight is 373 g/mol. The maximum atomic E-state index is 12.6. The Bertz CT molecular complexity index is 858. The van der Waals surface area contributed by atoms with E-state index in [0.29, 0.717) is 29.8 Å². The number of ether oxygens (including phenoxy) is 1. The van der Waals surface area contributed by atoms with Gasteiger partial charge in [-0.3, -0.25) is 9.59 Å². The molecule has 0 fully saturated rings. The van der Waals surface area contributed by atoms with E-state index in [4.69, 9.17) is 4.74 Å². The minimum Gasteiger partial charge on any atom is -0.451 e. The van der Waals surface area contributed by atoms with Crippen LogP contribution in [-0.4, -0.2) is 34.8 Å². The van der Waals surface area contributed by atoms with E-state index in [9.17, 15) is 14.4 Å². The first kappa shape index (κ1) is 20.6. The molecule has 0 radical (unpaired) electrons. The lowest BCUT2D eigenvalue weighted by molar-refractivity contribution is -0.124. The molecule has 0 atom stereocenters. The summed E-state index contributed by atoms with van der Waals surface area (Å²) >= 11 is 0. The molecular weight excluding hydrogens is 346 g/mol. The Morgan fingerprint density at radius 3 is 2.56 bits per heavy atom. The number of benzene rings is 1. The van der Waals surface area contributed by atoms with Gasteiger partial charge in [0.25, 0.3) is 11.5 Å². The molecule has 0 spiro atoms. The summed E-state index contributed by atoms with van der Waals surface area (Å²) in [4.78, 5) is 36.9. The number of fused-ring (bicyclic) bond motifs is 1. The Morgan fingerprint density at radius 2 is 1.89 bits per heavy atom. The third-order valence-corrected chi connectivity index (χ3v) is 4.08. The fourth-order valence-electron chi connectivity index (χ4n) is 2.62. The van der Waals surface area contributed by atoms with Gasteiger partial charge in [0.1, 0.15) is 0 Å². The van der Waals surface area contributed by atoms with E-state index in [1.165, 1.54) is 4.68 Å². The van der Waals surface area contributed by atoms with Gasteiger partial charge in [0, 0.05) is 18.5 Å². The lowest BCUT2D eigenvalue weighted by Crippen LogP contribution is -2.32. The van der Waals surface area contributed by atoms with Crippen molar-refractivity contribution in [3.63, 3.8) is 0 Å². The quantitative estimate of drug-likeness (QED) is 0.539. The summed E-state index contributed by atoms with van der Waals surface area (Å²) < 4.78 is 6.43. The predicted molar refractivity (Wildman–Crippen MR) is 104 cm³/mol. The number of hydrogen-bond acceptors (Lipinski definition) is 5. The van der Waals surface area contributed by atoms with Gasteiger partial charge in [-0.15, -0.1) is 0 Å². The van der Waals surface area contributed by atoms with Crippen LogP contribution in [0.1, 0.15) is 50.5 Å². The second kappa shape index (κ2) is 9.85. The van der Waals surface area contributed by atoms with Crippen LogP contribution in [0.25, 0.3) is 10.8 Å². The summed E-state index contributed by atoms with van der Waals surface area (Å²) in [5.41, 5.74) is -0.175. The molecule has 2 aromatic rings. The summed E-state index contributed by atoms with van der Waals surface area (Å²) in [7, 11) is 0. The van der Waals surface area contributed by atoms with Gasteiger partial charge in [0.2, 0.25) is 0 Å². The Labute approximate surface area is 158 Å². The molecule has 0 saturated carbocycles. The van der Waals surface area contributed by atoms with Crippen LogP contribution in [0.15, 0.2) is 29.1 Å². The van der Waals surface area contributed by atoms with Crippen molar-refractivity contribution in [2.75, 3.05) is 13.2 Å². The topological polar surface area (TPSA) is 90.3 Å². The van der Waals surface area contributed by atoms with Crippen molar-refractivity contribution in [3.05, 3.63) is 40.3 Å². The number of carbonyl (C=O) groups is 2. The van der Waals surface area contributed by atoms with Crippen molar-refractivity contribution in [1.82, 2.24) is 15.1 Å². The fourth-order valence-corrected chi connectivity index (χ4v) is 2.62. The Morgan fingerprint density at radius 1 is 1.19 bits per heavy atom. The molecule has 0 aliphatic rings. The molecule has 0 aliphatic carbocycles. The highest BCUT2D eigenvalue weighted by molar-refractivity contribution is 6.02. The average Bonchev–Trinajstić information content (AvgIpc) is 2.66. The monoisotopic (exact) mass is 373 g/mol. The zero-order valence-corrected chi connectivity index (χ0v) is 16.2. The molecular formula is C20H27N3O4. The molecule has 1 amide bonds. The summed E-state index contributed by atoms with van der Waals surface area (Å²) in [5.74, 6) is -0.769. The Hall–Kier alpha value is -2.70. The number of nitrogens with zero attached hydrogens (tertiary/aromatic N) is 2. The Kier molecular flexibility index (Phi) is 7.52. The number of esters is 1. The normalized spacial score (nSPS) is 11.0. The molecule has 2 rings (SSSR count). The summed E-state index contributed by atoms with van der Waals surface area (Å²) in [5, 5.41) is 7.76. The van der Waals surface area contributed by atoms with Crippen LogP contribution in [-0.2, 0) is 16.1 Å².